The molecule has 2 N–H and O–H groups in total. The summed E-state index contributed by atoms with van der Waals surface area (Å²) in [6.45, 7) is 5.61. The summed E-state index contributed by atoms with van der Waals surface area (Å²) in [5, 5.41) is 7.64. The summed E-state index contributed by atoms with van der Waals surface area (Å²) in [6, 6.07) is 16.3. The number of aliphatic imine (C=N–C) groups is 1. The molecular formula is C23H30ClN3O2. The Labute approximate surface area is 178 Å². The summed E-state index contributed by atoms with van der Waals surface area (Å²) in [6.07, 6.45) is 1.94. The number of nitrogens with one attached hydrogen (secondary N) is 2. The Hall–Kier alpha value is -2.24. The highest BCUT2D eigenvalue weighted by Crippen LogP contribution is 2.35. The quantitative estimate of drug-likeness (QED) is 0.526. The van der Waals surface area contributed by atoms with Crippen LogP contribution in [0.4, 0.5) is 0 Å². The second-order valence-electron chi connectivity index (χ2n) is 7.22. The van der Waals surface area contributed by atoms with Crippen molar-refractivity contribution in [2.24, 2.45) is 4.99 Å². The predicted molar refractivity (Wildman–Crippen MR) is 119 cm³/mol. The Bertz CT molecular complexity index is 802. The van der Waals surface area contributed by atoms with Gasteiger partial charge in [-0.3, -0.25) is 4.99 Å². The average molecular weight is 416 g/mol. The Kier molecular flexibility index (Phi) is 7.78. The number of nitrogens with zero attached hydrogens (tertiary/aromatic N) is 1. The number of ether oxygens (including phenoxy) is 2. The molecule has 1 saturated heterocycles. The van der Waals surface area contributed by atoms with E-state index in [0.717, 1.165) is 54.9 Å². The van der Waals surface area contributed by atoms with E-state index in [1.807, 2.05) is 31.2 Å². The highest BCUT2D eigenvalue weighted by molar-refractivity contribution is 6.31. The Morgan fingerprint density at radius 3 is 2.48 bits per heavy atom. The highest BCUT2D eigenvalue weighted by Gasteiger charge is 2.34. The summed E-state index contributed by atoms with van der Waals surface area (Å²) < 4.78 is 11.2. The normalized spacial score (nSPS) is 16.3. The fraction of sp³-hybridized carbons (Fsp3) is 0.435. The molecule has 0 aliphatic carbocycles. The van der Waals surface area contributed by atoms with Crippen LogP contribution in [-0.4, -0.2) is 39.4 Å². The van der Waals surface area contributed by atoms with E-state index in [-0.39, 0.29) is 5.41 Å². The number of hydrogen-bond donors (Lipinski definition) is 2. The van der Waals surface area contributed by atoms with Crippen LogP contribution in [-0.2, 0) is 16.7 Å². The molecule has 0 radical (unpaired) electrons. The Morgan fingerprint density at radius 2 is 1.83 bits per heavy atom. The maximum atomic E-state index is 6.26. The number of guanidine groups is 1. The van der Waals surface area contributed by atoms with Crippen LogP contribution >= 0.6 is 11.6 Å². The molecule has 6 heteroatoms. The van der Waals surface area contributed by atoms with Gasteiger partial charge in [0.2, 0.25) is 0 Å². The Balaban J connectivity index is 1.67. The minimum atomic E-state index is 0.00497. The third kappa shape index (κ3) is 5.64. The fourth-order valence-electron chi connectivity index (χ4n) is 3.70. The molecule has 0 unspecified atom stereocenters. The van der Waals surface area contributed by atoms with E-state index in [2.05, 4.69) is 39.9 Å². The molecule has 0 saturated carbocycles. The van der Waals surface area contributed by atoms with Crippen LogP contribution in [0.5, 0.6) is 5.75 Å². The minimum Gasteiger partial charge on any atom is -0.494 e. The average Bonchev–Trinajstić information content (AvgIpc) is 2.76. The van der Waals surface area contributed by atoms with Gasteiger partial charge in [0.05, 0.1) is 6.61 Å². The van der Waals surface area contributed by atoms with Gasteiger partial charge in [0.1, 0.15) is 5.75 Å². The van der Waals surface area contributed by atoms with E-state index in [9.17, 15) is 0 Å². The van der Waals surface area contributed by atoms with Crippen LogP contribution in [0.15, 0.2) is 53.5 Å². The molecule has 2 aromatic carbocycles. The SMILES string of the molecule is CCOc1ccc(C2(CNC(=NC)NCc3ccccc3Cl)CCOCC2)cc1. The largest absolute Gasteiger partial charge is 0.494 e. The van der Waals surface area contributed by atoms with E-state index in [1.54, 1.807) is 7.05 Å². The molecular weight excluding hydrogens is 386 g/mol. The first-order valence-corrected chi connectivity index (χ1v) is 10.5. The molecule has 3 rings (SSSR count). The number of halogens is 1. The van der Waals surface area contributed by atoms with E-state index in [4.69, 9.17) is 21.1 Å². The lowest BCUT2D eigenvalue weighted by atomic mass is 9.74. The molecule has 5 nitrogen and oxygen atoms in total. The molecule has 0 spiro atoms. The lowest BCUT2D eigenvalue weighted by molar-refractivity contribution is 0.0513. The van der Waals surface area contributed by atoms with Crippen molar-refractivity contribution in [3.8, 4) is 5.75 Å². The van der Waals surface area contributed by atoms with Gasteiger partial charge in [0, 0.05) is 43.8 Å². The summed E-state index contributed by atoms with van der Waals surface area (Å²) in [7, 11) is 1.79. The van der Waals surface area contributed by atoms with Crippen molar-refractivity contribution in [3.63, 3.8) is 0 Å². The molecule has 29 heavy (non-hydrogen) atoms. The molecule has 0 aromatic heterocycles. The standard InChI is InChI=1S/C23H30ClN3O2/c1-3-29-20-10-8-19(9-11-20)23(12-14-28-15-13-23)17-27-22(25-2)26-16-18-6-4-5-7-21(18)24/h4-11H,3,12-17H2,1-2H3,(H2,25,26,27). The second kappa shape index (κ2) is 10.5. The predicted octanol–water partition coefficient (Wildman–Crippen LogP) is 4.15. The van der Waals surface area contributed by atoms with Crippen LogP contribution in [0.3, 0.4) is 0 Å². The van der Waals surface area contributed by atoms with Crippen molar-refractivity contribution in [3.05, 3.63) is 64.7 Å². The van der Waals surface area contributed by atoms with Crippen molar-refractivity contribution in [1.29, 1.82) is 0 Å². The lowest BCUT2D eigenvalue weighted by Gasteiger charge is -2.38. The highest BCUT2D eigenvalue weighted by atomic mass is 35.5. The van der Waals surface area contributed by atoms with Crippen LogP contribution in [0.2, 0.25) is 5.02 Å². The van der Waals surface area contributed by atoms with Gasteiger partial charge >= 0.3 is 0 Å². The van der Waals surface area contributed by atoms with Gasteiger partial charge in [0.25, 0.3) is 0 Å². The van der Waals surface area contributed by atoms with Gasteiger partial charge in [0.15, 0.2) is 5.96 Å². The van der Waals surface area contributed by atoms with Gasteiger partial charge in [-0.05, 0) is 49.1 Å². The van der Waals surface area contributed by atoms with Crippen LogP contribution in [0.1, 0.15) is 30.9 Å². The first-order valence-electron chi connectivity index (χ1n) is 10.2. The molecule has 1 aliphatic heterocycles. The van der Waals surface area contributed by atoms with Crippen LogP contribution in [0, 0.1) is 0 Å². The zero-order chi connectivity index (χ0) is 20.5. The summed E-state index contributed by atoms with van der Waals surface area (Å²) in [5.41, 5.74) is 2.35. The Morgan fingerprint density at radius 1 is 1.10 bits per heavy atom. The summed E-state index contributed by atoms with van der Waals surface area (Å²) in [4.78, 5) is 4.38. The number of rotatable bonds is 7. The maximum Gasteiger partial charge on any atom is 0.191 e. The van der Waals surface area contributed by atoms with E-state index < -0.39 is 0 Å². The van der Waals surface area contributed by atoms with Gasteiger partial charge in [-0.2, -0.15) is 0 Å². The number of benzene rings is 2. The third-order valence-electron chi connectivity index (χ3n) is 5.45. The second-order valence-corrected chi connectivity index (χ2v) is 7.63. The fourth-order valence-corrected chi connectivity index (χ4v) is 3.90. The molecule has 0 atom stereocenters. The van der Waals surface area contributed by atoms with Gasteiger partial charge < -0.3 is 20.1 Å². The third-order valence-corrected chi connectivity index (χ3v) is 5.82. The minimum absolute atomic E-state index is 0.00497. The first-order chi connectivity index (χ1) is 14.2. The van der Waals surface area contributed by atoms with E-state index >= 15 is 0 Å². The van der Waals surface area contributed by atoms with Crippen molar-refractivity contribution >= 4 is 17.6 Å². The molecule has 1 fully saturated rings. The molecule has 2 aromatic rings. The molecule has 0 amide bonds. The number of hydrogen-bond acceptors (Lipinski definition) is 3. The first kappa shape index (κ1) is 21.5. The summed E-state index contributed by atoms with van der Waals surface area (Å²) >= 11 is 6.26. The van der Waals surface area contributed by atoms with Crippen LogP contribution in [0.25, 0.3) is 0 Å². The van der Waals surface area contributed by atoms with Crippen molar-refractivity contribution in [1.82, 2.24) is 10.6 Å². The van der Waals surface area contributed by atoms with Crippen molar-refractivity contribution in [2.45, 2.75) is 31.7 Å². The molecule has 0 bridgehead atoms. The van der Waals surface area contributed by atoms with Crippen LogP contribution < -0.4 is 15.4 Å². The van der Waals surface area contributed by atoms with Gasteiger partial charge in [-0.25, -0.2) is 0 Å². The van der Waals surface area contributed by atoms with Gasteiger partial charge in [-0.1, -0.05) is 41.9 Å². The topological polar surface area (TPSA) is 54.9 Å². The summed E-state index contributed by atoms with van der Waals surface area (Å²) in [5.74, 6) is 1.67. The van der Waals surface area contributed by atoms with Gasteiger partial charge in [-0.15, -0.1) is 0 Å². The maximum absolute atomic E-state index is 6.26. The van der Waals surface area contributed by atoms with E-state index in [0.29, 0.717) is 13.2 Å². The lowest BCUT2D eigenvalue weighted by Crippen LogP contribution is -2.47. The monoisotopic (exact) mass is 415 g/mol. The zero-order valence-electron chi connectivity index (χ0n) is 17.2. The zero-order valence-corrected chi connectivity index (χ0v) is 18.0. The smallest absolute Gasteiger partial charge is 0.191 e. The van der Waals surface area contributed by atoms with Crippen molar-refractivity contribution < 1.29 is 9.47 Å². The molecule has 1 heterocycles. The van der Waals surface area contributed by atoms with Crippen molar-refractivity contribution in [2.75, 3.05) is 33.4 Å². The molecule has 1 aliphatic rings. The van der Waals surface area contributed by atoms with E-state index in [1.165, 1.54) is 5.56 Å². The molecule has 156 valence electrons.